The minimum absolute atomic E-state index is 0.0215. The molecule has 0 radical (unpaired) electrons. The Labute approximate surface area is 195 Å². The normalized spacial score (nSPS) is 24.3. The molecule has 2 heterocycles. The van der Waals surface area contributed by atoms with Gasteiger partial charge in [-0.25, -0.2) is 4.39 Å². The van der Waals surface area contributed by atoms with Crippen LogP contribution in [0.1, 0.15) is 49.4 Å². The molecule has 1 aliphatic heterocycles. The van der Waals surface area contributed by atoms with Gasteiger partial charge in [-0.15, -0.1) is 0 Å². The molecule has 1 saturated heterocycles. The lowest BCUT2D eigenvalue weighted by Crippen LogP contribution is -2.52. The fourth-order valence-corrected chi connectivity index (χ4v) is 5.27. The second-order valence-corrected chi connectivity index (χ2v) is 9.52. The standard InChI is InChI=1S/C25H32ClFN4O/c1-18-17-30(14-15-31(18)23-6-2-5-22(27)24(23)26)13-11-19-7-9-21(10-8-19)29-25(32)20-4-3-12-28-16-20/h2-6,12,16,18-19,21H,7-11,13-15,17H2,1H3,(H,29,32)/t18-,19-,21-/m1/s1. The zero-order valence-corrected chi connectivity index (χ0v) is 19.4. The topological polar surface area (TPSA) is 48.5 Å². The monoisotopic (exact) mass is 458 g/mol. The smallest absolute Gasteiger partial charge is 0.253 e. The number of rotatable bonds is 6. The van der Waals surface area contributed by atoms with Crippen LogP contribution in [0, 0.1) is 11.7 Å². The molecule has 1 aromatic heterocycles. The van der Waals surface area contributed by atoms with Crippen molar-refractivity contribution < 1.29 is 9.18 Å². The van der Waals surface area contributed by atoms with Crippen molar-refractivity contribution in [1.29, 1.82) is 0 Å². The van der Waals surface area contributed by atoms with Gasteiger partial charge in [0.1, 0.15) is 5.82 Å². The third kappa shape index (κ3) is 5.59. The molecular weight excluding hydrogens is 427 g/mol. The average molecular weight is 459 g/mol. The lowest BCUT2D eigenvalue weighted by molar-refractivity contribution is 0.0919. The molecule has 172 valence electrons. The van der Waals surface area contributed by atoms with Crippen molar-refractivity contribution in [2.75, 3.05) is 31.1 Å². The summed E-state index contributed by atoms with van der Waals surface area (Å²) in [7, 11) is 0. The quantitative estimate of drug-likeness (QED) is 0.677. The van der Waals surface area contributed by atoms with Gasteiger partial charge in [0, 0.05) is 44.1 Å². The van der Waals surface area contributed by atoms with Crippen molar-refractivity contribution in [3.05, 3.63) is 59.1 Å². The van der Waals surface area contributed by atoms with E-state index in [2.05, 4.69) is 27.0 Å². The summed E-state index contributed by atoms with van der Waals surface area (Å²) in [5.41, 5.74) is 1.42. The van der Waals surface area contributed by atoms with Crippen molar-refractivity contribution in [2.24, 2.45) is 5.92 Å². The number of benzene rings is 1. The van der Waals surface area contributed by atoms with Gasteiger partial charge in [-0.1, -0.05) is 17.7 Å². The van der Waals surface area contributed by atoms with Crippen LogP contribution in [0.5, 0.6) is 0 Å². The van der Waals surface area contributed by atoms with Crippen molar-refractivity contribution in [3.8, 4) is 0 Å². The predicted octanol–water partition coefficient (Wildman–Crippen LogP) is 4.76. The van der Waals surface area contributed by atoms with E-state index in [-0.39, 0.29) is 22.8 Å². The number of carbonyl (C=O) groups is 1. The molecule has 0 spiro atoms. The first-order valence-corrected chi connectivity index (χ1v) is 12.0. The highest BCUT2D eigenvalue weighted by atomic mass is 35.5. The van der Waals surface area contributed by atoms with Crippen LogP contribution in [0.2, 0.25) is 5.02 Å². The number of anilines is 1. The highest BCUT2D eigenvalue weighted by Gasteiger charge is 2.27. The number of carbonyl (C=O) groups excluding carboxylic acids is 1. The lowest BCUT2D eigenvalue weighted by atomic mass is 9.84. The molecular formula is C25H32ClFN4O. The van der Waals surface area contributed by atoms with Crippen LogP contribution in [-0.2, 0) is 0 Å². The number of halogens is 2. The summed E-state index contributed by atoms with van der Waals surface area (Å²) in [4.78, 5) is 21.1. The zero-order chi connectivity index (χ0) is 22.5. The minimum atomic E-state index is -0.356. The molecule has 1 aromatic carbocycles. The van der Waals surface area contributed by atoms with Gasteiger partial charge in [-0.2, -0.15) is 0 Å². The molecule has 1 N–H and O–H groups in total. The third-order valence-electron chi connectivity index (χ3n) is 6.91. The number of piperazine rings is 1. The van der Waals surface area contributed by atoms with E-state index >= 15 is 0 Å². The molecule has 1 aliphatic carbocycles. The van der Waals surface area contributed by atoms with E-state index in [9.17, 15) is 9.18 Å². The Balaban J connectivity index is 1.19. The number of nitrogens with zero attached hydrogens (tertiary/aromatic N) is 3. The SMILES string of the molecule is C[C@@H]1CN(CC[C@H]2CC[C@H](NC(=O)c3cccnc3)CC2)CCN1c1cccc(F)c1Cl. The highest BCUT2D eigenvalue weighted by molar-refractivity contribution is 6.33. The number of hydrogen-bond acceptors (Lipinski definition) is 4. The fraction of sp³-hybridized carbons (Fsp3) is 0.520. The molecule has 2 fully saturated rings. The number of amides is 1. The molecule has 1 saturated carbocycles. The van der Waals surface area contributed by atoms with Crippen molar-refractivity contribution in [3.63, 3.8) is 0 Å². The Morgan fingerprint density at radius 2 is 2.00 bits per heavy atom. The summed E-state index contributed by atoms with van der Waals surface area (Å²) in [6.45, 7) is 6.06. The van der Waals surface area contributed by atoms with Gasteiger partial charge >= 0.3 is 0 Å². The van der Waals surface area contributed by atoms with Gasteiger partial charge in [0.2, 0.25) is 0 Å². The van der Waals surface area contributed by atoms with E-state index in [4.69, 9.17) is 11.6 Å². The largest absolute Gasteiger partial charge is 0.365 e. The van der Waals surface area contributed by atoms with Gasteiger partial charge in [0.05, 0.1) is 16.3 Å². The fourth-order valence-electron chi connectivity index (χ4n) is 5.03. The Morgan fingerprint density at radius 3 is 2.72 bits per heavy atom. The van der Waals surface area contributed by atoms with Gasteiger partial charge in [-0.3, -0.25) is 14.7 Å². The van der Waals surface area contributed by atoms with Gasteiger partial charge < -0.3 is 10.2 Å². The molecule has 2 aliphatic rings. The lowest BCUT2D eigenvalue weighted by Gasteiger charge is -2.42. The van der Waals surface area contributed by atoms with Crippen molar-refractivity contribution in [2.45, 2.75) is 51.1 Å². The van der Waals surface area contributed by atoms with E-state index in [1.807, 2.05) is 6.07 Å². The summed E-state index contributed by atoms with van der Waals surface area (Å²) < 4.78 is 13.9. The van der Waals surface area contributed by atoms with E-state index in [1.165, 1.54) is 12.5 Å². The molecule has 2 aromatic rings. The van der Waals surface area contributed by atoms with E-state index < -0.39 is 0 Å². The Hall–Kier alpha value is -2.18. The van der Waals surface area contributed by atoms with Crippen LogP contribution in [0.3, 0.4) is 0 Å². The number of aromatic nitrogens is 1. The molecule has 0 bridgehead atoms. The summed E-state index contributed by atoms with van der Waals surface area (Å²) in [6, 6.07) is 9.19. The Bertz CT molecular complexity index is 904. The van der Waals surface area contributed by atoms with E-state index in [0.29, 0.717) is 17.5 Å². The molecule has 1 amide bonds. The third-order valence-corrected chi connectivity index (χ3v) is 7.29. The number of nitrogens with one attached hydrogen (secondary N) is 1. The van der Waals surface area contributed by atoms with Crippen LogP contribution >= 0.6 is 11.6 Å². The van der Waals surface area contributed by atoms with Crippen LogP contribution in [0.15, 0.2) is 42.7 Å². The first-order valence-electron chi connectivity index (χ1n) is 11.6. The minimum Gasteiger partial charge on any atom is -0.365 e. The summed E-state index contributed by atoms with van der Waals surface area (Å²) >= 11 is 6.21. The zero-order valence-electron chi connectivity index (χ0n) is 18.6. The molecule has 4 rings (SSSR count). The summed E-state index contributed by atoms with van der Waals surface area (Å²) in [5.74, 6) is 0.338. The summed E-state index contributed by atoms with van der Waals surface area (Å²) in [6.07, 6.45) is 8.89. The highest BCUT2D eigenvalue weighted by Crippen LogP contribution is 2.32. The first-order chi connectivity index (χ1) is 15.5. The molecule has 1 atom stereocenters. The van der Waals surface area contributed by atoms with Gasteiger partial charge in [0.25, 0.3) is 5.91 Å². The predicted molar refractivity (Wildman–Crippen MR) is 127 cm³/mol. The van der Waals surface area contributed by atoms with Crippen LogP contribution in [0.4, 0.5) is 10.1 Å². The van der Waals surface area contributed by atoms with Crippen molar-refractivity contribution >= 4 is 23.2 Å². The average Bonchev–Trinajstić information content (AvgIpc) is 2.81. The second-order valence-electron chi connectivity index (χ2n) is 9.14. The number of pyridine rings is 1. The maximum atomic E-state index is 13.9. The van der Waals surface area contributed by atoms with E-state index in [0.717, 1.165) is 57.5 Å². The van der Waals surface area contributed by atoms with Crippen LogP contribution in [-0.4, -0.2) is 54.1 Å². The Kier molecular flexibility index (Phi) is 7.63. The maximum absolute atomic E-state index is 13.9. The molecule has 0 unspecified atom stereocenters. The first kappa shape index (κ1) is 23.0. The van der Waals surface area contributed by atoms with Gasteiger partial charge in [-0.05, 0) is 75.8 Å². The van der Waals surface area contributed by atoms with E-state index in [1.54, 1.807) is 30.6 Å². The molecule has 7 heteroatoms. The van der Waals surface area contributed by atoms with Gasteiger partial charge in [0.15, 0.2) is 0 Å². The second kappa shape index (κ2) is 10.6. The summed E-state index contributed by atoms with van der Waals surface area (Å²) in [5, 5.41) is 3.39. The molecule has 32 heavy (non-hydrogen) atoms. The number of hydrogen-bond donors (Lipinski definition) is 1. The van der Waals surface area contributed by atoms with Crippen molar-refractivity contribution in [1.82, 2.24) is 15.2 Å². The Morgan fingerprint density at radius 1 is 1.19 bits per heavy atom. The molecule has 5 nitrogen and oxygen atoms in total. The van der Waals surface area contributed by atoms with Crippen LogP contribution in [0.25, 0.3) is 0 Å². The maximum Gasteiger partial charge on any atom is 0.253 e. The van der Waals surface area contributed by atoms with Crippen LogP contribution < -0.4 is 10.2 Å².